The first kappa shape index (κ1) is 14.2. The quantitative estimate of drug-likeness (QED) is 0.664. The normalized spacial score (nSPS) is 14.6. The van der Waals surface area contributed by atoms with E-state index in [1.165, 1.54) is 12.8 Å². The molecule has 0 radical (unpaired) electrons. The lowest BCUT2D eigenvalue weighted by molar-refractivity contribution is 0.202. The molecule has 1 aromatic rings. The first-order chi connectivity index (χ1) is 9.33. The molecule has 1 aliphatic rings. The number of aromatic nitrogens is 2. The predicted octanol–water partition coefficient (Wildman–Crippen LogP) is 0.174. The monoisotopic (exact) mass is 266 g/mol. The molecule has 0 aromatic carbocycles. The Balaban J connectivity index is 1.89. The lowest BCUT2D eigenvalue weighted by Gasteiger charge is -2.21. The van der Waals surface area contributed by atoms with Crippen LogP contribution in [-0.2, 0) is 11.3 Å². The summed E-state index contributed by atoms with van der Waals surface area (Å²) in [6.07, 6.45) is 6.24. The maximum Gasteiger partial charge on any atom is 0.225 e. The van der Waals surface area contributed by atoms with Gasteiger partial charge in [0.2, 0.25) is 5.95 Å². The Morgan fingerprint density at radius 2 is 2.11 bits per heavy atom. The van der Waals surface area contributed by atoms with Crippen molar-refractivity contribution in [3.05, 3.63) is 18.0 Å². The van der Waals surface area contributed by atoms with Crippen molar-refractivity contribution in [1.82, 2.24) is 15.3 Å². The van der Waals surface area contributed by atoms with E-state index in [9.17, 15) is 0 Å². The highest BCUT2D eigenvalue weighted by molar-refractivity contribution is 5.29. The molecule has 0 amide bonds. The number of hydrogen-bond donors (Lipinski definition) is 2. The van der Waals surface area contributed by atoms with Crippen molar-refractivity contribution in [2.24, 2.45) is 0 Å². The van der Waals surface area contributed by atoms with Gasteiger partial charge < -0.3 is 20.1 Å². The van der Waals surface area contributed by atoms with E-state index in [1.54, 1.807) is 7.11 Å². The molecule has 19 heavy (non-hydrogen) atoms. The van der Waals surface area contributed by atoms with Gasteiger partial charge in [-0.2, -0.15) is 0 Å². The Morgan fingerprint density at radius 3 is 2.68 bits per heavy atom. The molecule has 2 N–H and O–H groups in total. The van der Waals surface area contributed by atoms with Crippen LogP contribution in [0.4, 0.5) is 5.95 Å². The highest BCUT2D eigenvalue weighted by atomic mass is 16.5. The van der Waals surface area contributed by atoms with Crippen LogP contribution in [-0.4, -0.2) is 54.5 Å². The fourth-order valence-corrected chi connectivity index (χ4v) is 1.79. The minimum absolute atomic E-state index is 0.0814. The Hall–Kier alpha value is -1.24. The van der Waals surface area contributed by atoms with E-state index in [0.29, 0.717) is 31.7 Å². The van der Waals surface area contributed by atoms with Crippen LogP contribution < -0.4 is 10.2 Å². The second-order valence-electron chi connectivity index (χ2n) is 4.75. The molecular weight excluding hydrogens is 244 g/mol. The maximum absolute atomic E-state index is 9.06. The van der Waals surface area contributed by atoms with E-state index in [0.717, 1.165) is 12.1 Å². The number of aliphatic hydroxyl groups is 1. The largest absolute Gasteiger partial charge is 0.395 e. The summed E-state index contributed by atoms with van der Waals surface area (Å²) >= 11 is 0. The first-order valence-electron chi connectivity index (χ1n) is 6.72. The third-order valence-electron chi connectivity index (χ3n) is 3.08. The molecule has 1 aliphatic carbocycles. The molecule has 0 bridgehead atoms. The number of rotatable bonds is 9. The zero-order chi connectivity index (χ0) is 13.5. The standard InChI is InChI=1S/C13H22N4O2/c1-19-7-5-17(4-6-18)13-15-9-11(10-16-13)8-14-12-2-3-12/h9-10,12,14,18H,2-8H2,1H3. The second-order valence-corrected chi connectivity index (χ2v) is 4.75. The highest BCUT2D eigenvalue weighted by Crippen LogP contribution is 2.19. The highest BCUT2D eigenvalue weighted by Gasteiger charge is 2.20. The lowest BCUT2D eigenvalue weighted by Crippen LogP contribution is -2.31. The number of methoxy groups -OCH3 is 1. The zero-order valence-electron chi connectivity index (χ0n) is 11.4. The molecular formula is C13H22N4O2. The third kappa shape index (κ3) is 4.74. The fourth-order valence-electron chi connectivity index (χ4n) is 1.79. The van der Waals surface area contributed by atoms with Crippen molar-refractivity contribution < 1.29 is 9.84 Å². The number of ether oxygens (including phenoxy) is 1. The molecule has 0 spiro atoms. The Bertz CT molecular complexity index is 367. The number of hydrogen-bond acceptors (Lipinski definition) is 6. The van der Waals surface area contributed by atoms with Crippen LogP contribution in [0.5, 0.6) is 0 Å². The summed E-state index contributed by atoms with van der Waals surface area (Å²) in [6.45, 7) is 2.69. The first-order valence-corrected chi connectivity index (χ1v) is 6.72. The second kappa shape index (κ2) is 7.37. The van der Waals surface area contributed by atoms with Crippen LogP contribution in [0.3, 0.4) is 0 Å². The fraction of sp³-hybridized carbons (Fsp3) is 0.692. The van der Waals surface area contributed by atoms with Crippen LogP contribution >= 0.6 is 0 Å². The van der Waals surface area contributed by atoms with Gasteiger partial charge in [0, 0.05) is 50.7 Å². The molecule has 106 valence electrons. The van der Waals surface area contributed by atoms with E-state index in [2.05, 4.69) is 15.3 Å². The molecule has 0 unspecified atom stereocenters. The van der Waals surface area contributed by atoms with Crippen LogP contribution in [0.25, 0.3) is 0 Å². The summed E-state index contributed by atoms with van der Waals surface area (Å²) in [5.41, 5.74) is 1.09. The molecule has 6 heteroatoms. The van der Waals surface area contributed by atoms with Gasteiger partial charge in [-0.3, -0.25) is 0 Å². The van der Waals surface area contributed by atoms with E-state index in [4.69, 9.17) is 9.84 Å². The molecule has 1 fully saturated rings. The average molecular weight is 266 g/mol. The van der Waals surface area contributed by atoms with E-state index >= 15 is 0 Å². The van der Waals surface area contributed by atoms with Crippen LogP contribution in [0, 0.1) is 0 Å². The SMILES string of the molecule is COCCN(CCO)c1ncc(CNC2CC2)cn1. The summed E-state index contributed by atoms with van der Waals surface area (Å²) in [4.78, 5) is 10.6. The van der Waals surface area contributed by atoms with Gasteiger partial charge in [-0.05, 0) is 12.8 Å². The smallest absolute Gasteiger partial charge is 0.225 e. The Morgan fingerprint density at radius 1 is 1.37 bits per heavy atom. The molecule has 6 nitrogen and oxygen atoms in total. The lowest BCUT2D eigenvalue weighted by atomic mass is 10.3. The van der Waals surface area contributed by atoms with Crippen molar-refractivity contribution >= 4 is 5.95 Å². The van der Waals surface area contributed by atoms with Crippen molar-refractivity contribution in [2.45, 2.75) is 25.4 Å². The summed E-state index contributed by atoms with van der Waals surface area (Å²) in [6, 6.07) is 0.687. The van der Waals surface area contributed by atoms with Gasteiger partial charge in [-0.1, -0.05) is 0 Å². The minimum Gasteiger partial charge on any atom is -0.395 e. The van der Waals surface area contributed by atoms with Gasteiger partial charge in [-0.25, -0.2) is 9.97 Å². The van der Waals surface area contributed by atoms with Crippen molar-refractivity contribution in [2.75, 3.05) is 38.3 Å². The Kier molecular flexibility index (Phi) is 5.50. The van der Waals surface area contributed by atoms with Gasteiger partial charge in [0.15, 0.2) is 0 Å². The van der Waals surface area contributed by atoms with Gasteiger partial charge in [-0.15, -0.1) is 0 Å². The summed E-state index contributed by atoms with van der Waals surface area (Å²) in [7, 11) is 1.66. The molecule has 1 heterocycles. The minimum atomic E-state index is 0.0814. The van der Waals surface area contributed by atoms with Crippen LogP contribution in [0.15, 0.2) is 12.4 Å². The van der Waals surface area contributed by atoms with E-state index in [1.807, 2.05) is 17.3 Å². The van der Waals surface area contributed by atoms with Crippen molar-refractivity contribution in [3.8, 4) is 0 Å². The number of nitrogens with one attached hydrogen (secondary N) is 1. The van der Waals surface area contributed by atoms with Gasteiger partial charge in [0.1, 0.15) is 0 Å². The molecule has 0 saturated heterocycles. The summed E-state index contributed by atoms with van der Waals surface area (Å²) in [5.74, 6) is 0.640. The number of nitrogens with zero attached hydrogens (tertiary/aromatic N) is 3. The number of aliphatic hydroxyl groups excluding tert-OH is 1. The molecule has 0 aliphatic heterocycles. The predicted molar refractivity (Wildman–Crippen MR) is 73.1 cm³/mol. The van der Waals surface area contributed by atoms with Gasteiger partial charge >= 0.3 is 0 Å². The van der Waals surface area contributed by atoms with E-state index in [-0.39, 0.29) is 6.61 Å². The molecule has 2 rings (SSSR count). The van der Waals surface area contributed by atoms with E-state index < -0.39 is 0 Å². The molecule has 0 atom stereocenters. The third-order valence-corrected chi connectivity index (χ3v) is 3.08. The summed E-state index contributed by atoms with van der Waals surface area (Å²) < 4.78 is 5.05. The Labute approximate surface area is 113 Å². The average Bonchev–Trinajstić information content (AvgIpc) is 3.26. The maximum atomic E-state index is 9.06. The van der Waals surface area contributed by atoms with Gasteiger partial charge in [0.05, 0.1) is 13.2 Å². The number of anilines is 1. The topological polar surface area (TPSA) is 70.5 Å². The summed E-state index contributed by atoms with van der Waals surface area (Å²) in [5, 5.41) is 12.5. The zero-order valence-corrected chi connectivity index (χ0v) is 11.4. The van der Waals surface area contributed by atoms with Crippen LogP contribution in [0.2, 0.25) is 0 Å². The van der Waals surface area contributed by atoms with Crippen LogP contribution in [0.1, 0.15) is 18.4 Å². The van der Waals surface area contributed by atoms with Crippen molar-refractivity contribution in [3.63, 3.8) is 0 Å². The van der Waals surface area contributed by atoms with Crippen molar-refractivity contribution in [1.29, 1.82) is 0 Å². The van der Waals surface area contributed by atoms with Gasteiger partial charge in [0.25, 0.3) is 0 Å². The molecule has 1 aromatic heterocycles. The molecule has 1 saturated carbocycles.